The van der Waals surface area contributed by atoms with E-state index >= 15 is 0 Å². The molecule has 0 radical (unpaired) electrons. The number of benzene rings is 2. The lowest BCUT2D eigenvalue weighted by atomic mass is 9.68. The molecule has 2 N–H and O–H groups in total. The summed E-state index contributed by atoms with van der Waals surface area (Å²) in [4.78, 5) is 31.4. The van der Waals surface area contributed by atoms with Crippen LogP contribution in [-0.2, 0) is 31.8 Å². The molecule has 1 saturated heterocycles. The number of amides is 1. The average Bonchev–Trinajstić information content (AvgIpc) is 3.20. The van der Waals surface area contributed by atoms with Crippen LogP contribution in [0.25, 0.3) is 0 Å². The fraction of sp³-hybridized carbons (Fsp3) is 0.579. The predicted molar refractivity (Wildman–Crippen MR) is 185 cm³/mol. The van der Waals surface area contributed by atoms with E-state index in [-0.39, 0.29) is 42.0 Å². The summed E-state index contributed by atoms with van der Waals surface area (Å²) in [7, 11) is 1.60. The summed E-state index contributed by atoms with van der Waals surface area (Å²) in [5.74, 6) is -3.60. The van der Waals surface area contributed by atoms with Gasteiger partial charge in [-0.1, -0.05) is 35.9 Å². The quantitative estimate of drug-likeness (QED) is 0.405. The summed E-state index contributed by atoms with van der Waals surface area (Å²) in [6.07, 6.45) is 8.41. The average molecular weight is 714 g/mol. The van der Waals surface area contributed by atoms with Gasteiger partial charge in [-0.15, -0.1) is 0 Å². The maximum absolute atomic E-state index is 13.5. The highest BCUT2D eigenvalue weighted by Crippen LogP contribution is 2.48. The van der Waals surface area contributed by atoms with Gasteiger partial charge in [-0.2, -0.15) is 0 Å². The Labute approximate surface area is 296 Å². The van der Waals surface area contributed by atoms with Gasteiger partial charge >= 0.3 is 5.97 Å². The van der Waals surface area contributed by atoms with Crippen LogP contribution in [-0.4, -0.2) is 103 Å². The molecule has 5 atom stereocenters. The van der Waals surface area contributed by atoms with Gasteiger partial charge in [0.1, 0.15) is 5.75 Å². The summed E-state index contributed by atoms with van der Waals surface area (Å²) >= 11 is 6.43. The monoisotopic (exact) mass is 713 g/mol. The highest BCUT2D eigenvalue weighted by molar-refractivity contribution is 6.30. The molecule has 0 unspecified atom stereocenters. The number of alkyl halides is 2. The van der Waals surface area contributed by atoms with Crippen LogP contribution in [0.4, 0.5) is 14.5 Å². The second kappa shape index (κ2) is 13.7. The van der Waals surface area contributed by atoms with Gasteiger partial charge in [0.2, 0.25) is 5.91 Å². The van der Waals surface area contributed by atoms with Gasteiger partial charge in [-0.25, -0.2) is 13.6 Å². The highest BCUT2D eigenvalue weighted by Gasteiger charge is 2.47. The first-order valence-electron chi connectivity index (χ1n) is 17.8. The van der Waals surface area contributed by atoms with Crippen molar-refractivity contribution in [1.29, 1.82) is 0 Å². The number of carbonyl (C=O) groups is 2. The van der Waals surface area contributed by atoms with Gasteiger partial charge in [-0.3, -0.25) is 9.69 Å². The molecule has 2 fully saturated rings. The Kier molecular flexibility index (Phi) is 9.64. The molecule has 270 valence electrons. The normalized spacial score (nSPS) is 31.8. The molecule has 1 spiro atoms. The first-order valence-corrected chi connectivity index (χ1v) is 18.1. The zero-order valence-electron chi connectivity index (χ0n) is 28.5. The van der Waals surface area contributed by atoms with E-state index in [2.05, 4.69) is 11.0 Å². The molecule has 2 bridgehead atoms. The number of carbonyl (C=O) groups excluding carboxylic acids is 1. The minimum absolute atomic E-state index is 0.126. The molecular formula is C38H46ClF2N3O6. The van der Waals surface area contributed by atoms with Crippen LogP contribution >= 0.6 is 11.6 Å². The molecule has 2 aromatic rings. The number of nitrogens with zero attached hydrogens (tertiary/aromatic N) is 3. The zero-order valence-corrected chi connectivity index (χ0v) is 29.2. The molecule has 3 heterocycles. The van der Waals surface area contributed by atoms with Crippen molar-refractivity contribution in [3.8, 4) is 5.75 Å². The number of carboxylic acid groups (broad SMARTS) is 1. The number of aliphatic carboxylic acids is 1. The molecule has 1 saturated carbocycles. The Balaban J connectivity index is 1.25. The van der Waals surface area contributed by atoms with Crippen LogP contribution in [0.15, 0.2) is 48.6 Å². The van der Waals surface area contributed by atoms with E-state index in [4.69, 9.17) is 21.1 Å². The Hall–Kier alpha value is -3.25. The Morgan fingerprint density at radius 2 is 1.96 bits per heavy atom. The Morgan fingerprint density at radius 1 is 1.14 bits per heavy atom. The number of ether oxygens (including phenoxy) is 2. The number of hydrogen-bond acceptors (Lipinski definition) is 7. The van der Waals surface area contributed by atoms with Crippen molar-refractivity contribution >= 4 is 29.2 Å². The minimum Gasteiger partial charge on any atom is -0.490 e. The second-order valence-electron chi connectivity index (χ2n) is 15.1. The third-order valence-electron chi connectivity index (χ3n) is 11.6. The smallest absolute Gasteiger partial charge is 0.340 e. The van der Waals surface area contributed by atoms with Crippen molar-refractivity contribution in [1.82, 2.24) is 9.80 Å². The largest absolute Gasteiger partial charge is 0.490 e. The molecule has 50 heavy (non-hydrogen) atoms. The summed E-state index contributed by atoms with van der Waals surface area (Å²) in [6, 6.07) is 11.0. The van der Waals surface area contributed by atoms with E-state index in [1.54, 1.807) is 30.1 Å². The molecular weight excluding hydrogens is 668 g/mol. The number of fused-ring (bicyclic) bond motifs is 4. The van der Waals surface area contributed by atoms with Gasteiger partial charge in [0.15, 0.2) is 5.60 Å². The van der Waals surface area contributed by atoms with Gasteiger partial charge < -0.3 is 29.5 Å². The van der Waals surface area contributed by atoms with E-state index < -0.39 is 29.8 Å². The maximum atomic E-state index is 13.5. The van der Waals surface area contributed by atoms with E-state index in [1.807, 2.05) is 24.3 Å². The minimum atomic E-state index is -2.62. The third kappa shape index (κ3) is 6.86. The van der Waals surface area contributed by atoms with Gasteiger partial charge in [0.05, 0.1) is 44.5 Å². The van der Waals surface area contributed by atoms with E-state index in [9.17, 15) is 28.6 Å². The van der Waals surface area contributed by atoms with Crippen molar-refractivity contribution in [2.75, 3.05) is 64.4 Å². The maximum Gasteiger partial charge on any atom is 0.340 e. The highest BCUT2D eigenvalue weighted by atomic mass is 35.5. The molecule has 1 amide bonds. The van der Waals surface area contributed by atoms with Gasteiger partial charge in [-0.05, 0) is 91.3 Å². The molecule has 7 rings (SSSR count). The van der Waals surface area contributed by atoms with Crippen LogP contribution in [0.3, 0.4) is 0 Å². The number of halogens is 3. The molecule has 12 heteroatoms. The Bertz CT molecular complexity index is 1650. The molecule has 0 aromatic heterocycles. The molecule has 9 nitrogen and oxygen atoms in total. The van der Waals surface area contributed by atoms with Crippen molar-refractivity contribution in [2.24, 2.45) is 11.8 Å². The van der Waals surface area contributed by atoms with Crippen molar-refractivity contribution < 1.29 is 38.1 Å². The number of anilines is 1. The fourth-order valence-corrected chi connectivity index (χ4v) is 8.79. The van der Waals surface area contributed by atoms with E-state index in [1.165, 1.54) is 16.0 Å². The van der Waals surface area contributed by atoms with E-state index in [0.29, 0.717) is 62.3 Å². The Morgan fingerprint density at radius 3 is 2.70 bits per heavy atom. The lowest BCUT2D eigenvalue weighted by Crippen LogP contribution is -2.57. The second-order valence-corrected chi connectivity index (χ2v) is 15.5. The SMILES string of the molecule is CN1CC/C=C\[C@H](OCCN2CC(F)(F)C2)[C@@H]2CC[C@H]2CN2C[C@@]3(CCCc4cc(Cl)ccc43)COc3ccc(cc32)[C@@](O)(C(=O)O)CC1=O. The van der Waals surface area contributed by atoms with Crippen LogP contribution in [0.1, 0.15) is 55.2 Å². The van der Waals surface area contributed by atoms with Crippen molar-refractivity contribution in [2.45, 2.75) is 68.0 Å². The molecule has 3 aliphatic heterocycles. The van der Waals surface area contributed by atoms with Gasteiger partial charge in [0.25, 0.3) is 5.92 Å². The number of aliphatic hydroxyl groups is 1. The molecule has 2 aliphatic carbocycles. The van der Waals surface area contributed by atoms with E-state index in [0.717, 1.165) is 32.1 Å². The molecule has 5 aliphatic rings. The van der Waals surface area contributed by atoms with Crippen LogP contribution < -0.4 is 9.64 Å². The van der Waals surface area contributed by atoms with Crippen molar-refractivity contribution in [3.05, 3.63) is 70.3 Å². The zero-order chi connectivity index (χ0) is 35.3. The summed E-state index contributed by atoms with van der Waals surface area (Å²) in [5.41, 5.74) is 0.432. The van der Waals surface area contributed by atoms with Crippen LogP contribution in [0, 0.1) is 11.8 Å². The lowest BCUT2D eigenvalue weighted by molar-refractivity contribution is -0.164. The number of aryl methyl sites for hydroxylation is 1. The standard InChI is InChI=1S/C38H46ClF2N3O6/c1-42-14-3-2-6-32(49-16-15-43-22-37(40,41)23-43)29-10-7-26(29)20-44-21-36(13-4-5-25-17-28(39)9-11-30(25)36)24-50-33-12-8-27(18-31(33)44)38(48,35(46)47)19-34(42)45/h2,6,8-9,11-12,17-18,26,29,32,48H,3-5,7,10,13-16,19-24H2,1H3,(H,46,47)/b6-2-/t26-,29+,32-,36-,38+/m0/s1. The van der Waals surface area contributed by atoms with Gasteiger partial charge in [0, 0.05) is 43.7 Å². The van der Waals surface area contributed by atoms with Crippen LogP contribution in [0.2, 0.25) is 5.02 Å². The summed E-state index contributed by atoms with van der Waals surface area (Å²) in [6.45, 7) is 2.31. The first-order chi connectivity index (χ1) is 23.9. The van der Waals surface area contributed by atoms with Crippen LogP contribution in [0.5, 0.6) is 5.75 Å². The first kappa shape index (κ1) is 35.2. The number of likely N-dealkylation sites (tertiary alicyclic amines) is 1. The topological polar surface area (TPSA) is 103 Å². The third-order valence-corrected chi connectivity index (χ3v) is 11.9. The number of hydrogen-bond donors (Lipinski definition) is 2. The predicted octanol–water partition coefficient (Wildman–Crippen LogP) is 5.26. The fourth-order valence-electron chi connectivity index (χ4n) is 8.59. The summed E-state index contributed by atoms with van der Waals surface area (Å²) in [5, 5.41) is 22.7. The number of rotatable bonds is 5. The lowest BCUT2D eigenvalue weighted by Gasteiger charge is -2.46. The summed E-state index contributed by atoms with van der Waals surface area (Å²) < 4.78 is 39.9. The number of carboxylic acids is 1. The van der Waals surface area contributed by atoms with Crippen molar-refractivity contribution in [3.63, 3.8) is 0 Å². The molecule has 2 aromatic carbocycles.